The van der Waals surface area contributed by atoms with Crippen LogP contribution in [-0.4, -0.2) is 296 Å². The molecule has 4 atom stereocenters. The summed E-state index contributed by atoms with van der Waals surface area (Å²) in [7, 11) is 0. The van der Waals surface area contributed by atoms with E-state index in [0.717, 1.165) is 175 Å². The van der Waals surface area contributed by atoms with Crippen molar-refractivity contribution in [3.63, 3.8) is 0 Å². The molecule has 0 aliphatic rings. The Labute approximate surface area is 476 Å². The van der Waals surface area contributed by atoms with E-state index in [0.29, 0.717) is 138 Å². The summed E-state index contributed by atoms with van der Waals surface area (Å²) in [4.78, 5) is 14.4. The molecule has 23 nitrogen and oxygen atoms in total. The van der Waals surface area contributed by atoms with Crippen LogP contribution in [-0.2, 0) is 28.4 Å². The number of hydrogen-bond acceptors (Lipinski definition) is 23. The molecule has 0 spiro atoms. The van der Waals surface area contributed by atoms with Crippen molar-refractivity contribution in [2.24, 2.45) is 63.1 Å². The van der Waals surface area contributed by atoms with Crippen molar-refractivity contribution in [1.29, 1.82) is 0 Å². The van der Waals surface area contributed by atoms with E-state index in [2.05, 4.69) is 36.3 Å². The van der Waals surface area contributed by atoms with E-state index in [-0.39, 0.29) is 13.2 Å². The van der Waals surface area contributed by atoms with Gasteiger partial charge in [-0.2, -0.15) is 0 Å². The maximum absolute atomic E-state index is 7.31. The quantitative estimate of drug-likeness (QED) is 0.0294. The Morgan fingerprint density at radius 2 is 0.436 bits per heavy atom. The second-order valence-corrected chi connectivity index (χ2v) is 20.6. The number of nitrogens with zero attached hydrogens (tertiary/aromatic N) is 6. The fraction of sp³-hybridized carbons (Fsp3) is 1.00. The summed E-state index contributed by atoms with van der Waals surface area (Å²) in [5.74, 6) is 0. The number of rotatable bonds is 65. The van der Waals surface area contributed by atoms with Gasteiger partial charge in [-0.15, -0.1) is 0 Å². The van der Waals surface area contributed by atoms with Gasteiger partial charge in [0.15, 0.2) is 0 Å². The van der Waals surface area contributed by atoms with Crippen LogP contribution < -0.4 is 63.1 Å². The van der Waals surface area contributed by atoms with Crippen molar-refractivity contribution < 1.29 is 28.4 Å². The lowest BCUT2D eigenvalue weighted by Crippen LogP contribution is -2.54. The van der Waals surface area contributed by atoms with Crippen LogP contribution in [0.3, 0.4) is 0 Å². The van der Waals surface area contributed by atoms with Gasteiger partial charge in [0.05, 0.1) is 52.9 Å². The zero-order valence-corrected chi connectivity index (χ0v) is 50.1. The molecule has 0 bridgehead atoms. The Kier molecular flexibility index (Phi) is 58.5. The standard InChI is InChI=1S/C55H129N17O6/c1-2-3-26-67(27-4-15-56)38-44-73-50-52(75-46-40-69(30-7-18-59)31-8-19-60)54(77-48-42-71(34-11-22-63)35-12-23-64)55(78-49-43-72(36-13-24-65)37-14-25-66)53(76-47-41-70(32-9-20-61)33-10-21-62)51-74-45-39-68(28-5-16-57)29-6-17-58/h52-55H,2-51,56-66H2,1H3. The zero-order chi connectivity index (χ0) is 57.4. The van der Waals surface area contributed by atoms with Gasteiger partial charge in [-0.05, 0) is 228 Å². The highest BCUT2D eigenvalue weighted by Crippen LogP contribution is 2.21. The minimum Gasteiger partial charge on any atom is -0.377 e. The molecule has 0 saturated heterocycles. The molecule has 0 aromatic heterocycles. The number of hydrogen-bond donors (Lipinski definition) is 11. The van der Waals surface area contributed by atoms with Gasteiger partial charge in [0.25, 0.3) is 0 Å². The minimum absolute atomic E-state index is 0.258. The van der Waals surface area contributed by atoms with Crippen LogP contribution >= 0.6 is 0 Å². The summed E-state index contributed by atoms with van der Waals surface area (Å²) >= 11 is 0. The van der Waals surface area contributed by atoms with Crippen molar-refractivity contribution in [1.82, 2.24) is 29.4 Å². The molecule has 0 aromatic rings. The lowest BCUT2D eigenvalue weighted by molar-refractivity contribution is -0.199. The Hall–Kier alpha value is -0.920. The SMILES string of the molecule is CCCCN(CCCN)CCOCC(OCCN(CCCN)CCCN)C(OCCN(CCCN)CCCN)C(OCCN(CCCN)CCCN)C(COCCN(CCCN)CCCN)OCCN(CCCN)CCCN. The first-order valence-electron chi connectivity index (χ1n) is 31.0. The maximum atomic E-state index is 7.31. The highest BCUT2D eigenvalue weighted by atomic mass is 16.6. The molecule has 0 saturated carbocycles. The largest absolute Gasteiger partial charge is 0.377 e. The highest BCUT2D eigenvalue weighted by molar-refractivity contribution is 4.88. The van der Waals surface area contributed by atoms with Crippen molar-refractivity contribution in [3.8, 4) is 0 Å². The summed E-state index contributed by atoms with van der Waals surface area (Å²) in [5.41, 5.74) is 66.3. The summed E-state index contributed by atoms with van der Waals surface area (Å²) in [6.07, 6.45) is 9.51. The van der Waals surface area contributed by atoms with E-state index in [1.165, 1.54) is 0 Å². The predicted octanol–water partition coefficient (Wildman–Crippen LogP) is -1.99. The Balaban J connectivity index is 7.87. The molecular formula is C55H129N17O6. The topological polar surface area (TPSA) is 361 Å². The van der Waals surface area contributed by atoms with Crippen LogP contribution in [0.4, 0.5) is 0 Å². The number of nitrogens with two attached hydrogens (primary N) is 11. The molecule has 23 heteroatoms. The normalized spacial score (nSPS) is 13.9. The molecular weight excluding hydrogens is 995 g/mol. The summed E-state index contributed by atoms with van der Waals surface area (Å²) < 4.78 is 42.4. The van der Waals surface area contributed by atoms with Crippen LogP contribution in [0.25, 0.3) is 0 Å². The molecule has 0 heterocycles. The van der Waals surface area contributed by atoms with E-state index in [4.69, 9.17) is 91.5 Å². The summed E-state index contributed by atoms with van der Waals surface area (Å²) in [6, 6.07) is 0. The minimum atomic E-state index is -0.644. The first-order chi connectivity index (χ1) is 38.3. The first kappa shape index (κ1) is 77.1. The van der Waals surface area contributed by atoms with Crippen molar-refractivity contribution in [2.75, 3.05) is 243 Å². The molecule has 0 aromatic carbocycles. The van der Waals surface area contributed by atoms with Crippen LogP contribution in [0, 0.1) is 0 Å². The third-order valence-electron chi connectivity index (χ3n) is 13.9. The monoisotopic (exact) mass is 1120 g/mol. The summed E-state index contributed by atoms with van der Waals surface area (Å²) in [5, 5.41) is 0. The van der Waals surface area contributed by atoms with Gasteiger partial charge in [0.1, 0.15) is 24.4 Å². The second kappa shape index (κ2) is 59.2. The molecule has 0 amide bonds. The van der Waals surface area contributed by atoms with Gasteiger partial charge in [-0.3, -0.25) is 0 Å². The van der Waals surface area contributed by atoms with Crippen LogP contribution in [0.1, 0.15) is 90.4 Å². The van der Waals surface area contributed by atoms with Gasteiger partial charge in [0, 0.05) is 39.3 Å². The Morgan fingerprint density at radius 1 is 0.244 bits per heavy atom. The molecule has 0 aliphatic carbocycles. The first-order valence-corrected chi connectivity index (χ1v) is 31.0. The molecule has 0 rings (SSSR count). The van der Waals surface area contributed by atoms with E-state index in [9.17, 15) is 0 Å². The fourth-order valence-electron chi connectivity index (χ4n) is 9.25. The molecule has 0 aliphatic heterocycles. The van der Waals surface area contributed by atoms with Gasteiger partial charge >= 0.3 is 0 Å². The Bertz CT molecular complexity index is 1060. The molecule has 0 radical (unpaired) electrons. The lowest BCUT2D eigenvalue weighted by atomic mass is 10.0. The second-order valence-electron chi connectivity index (χ2n) is 20.6. The van der Waals surface area contributed by atoms with Crippen molar-refractivity contribution >= 4 is 0 Å². The molecule has 470 valence electrons. The van der Waals surface area contributed by atoms with Crippen molar-refractivity contribution in [2.45, 2.75) is 115 Å². The molecule has 78 heavy (non-hydrogen) atoms. The third kappa shape index (κ3) is 43.7. The van der Waals surface area contributed by atoms with Gasteiger partial charge < -0.3 is 121 Å². The zero-order valence-electron chi connectivity index (χ0n) is 50.1. The third-order valence-corrected chi connectivity index (χ3v) is 13.9. The molecule has 22 N–H and O–H groups in total. The van der Waals surface area contributed by atoms with Crippen LogP contribution in [0.15, 0.2) is 0 Å². The number of unbranched alkanes of at least 4 members (excludes halogenated alkanes) is 1. The average molecular weight is 1120 g/mol. The van der Waals surface area contributed by atoms with Crippen LogP contribution in [0.5, 0.6) is 0 Å². The number of ether oxygens (including phenoxy) is 6. The highest BCUT2D eigenvalue weighted by Gasteiger charge is 2.39. The smallest absolute Gasteiger partial charge is 0.115 e. The van der Waals surface area contributed by atoms with E-state index in [1.807, 2.05) is 0 Å². The van der Waals surface area contributed by atoms with Gasteiger partial charge in [-0.1, -0.05) is 13.3 Å². The van der Waals surface area contributed by atoms with Gasteiger partial charge in [0.2, 0.25) is 0 Å². The average Bonchev–Trinajstić information content (AvgIpc) is 3.46. The van der Waals surface area contributed by atoms with Gasteiger partial charge in [-0.25, -0.2) is 0 Å². The van der Waals surface area contributed by atoms with E-state index < -0.39 is 24.4 Å². The Morgan fingerprint density at radius 3 is 0.641 bits per heavy atom. The van der Waals surface area contributed by atoms with Crippen LogP contribution in [0.2, 0.25) is 0 Å². The maximum Gasteiger partial charge on any atom is 0.115 e. The van der Waals surface area contributed by atoms with Crippen molar-refractivity contribution in [3.05, 3.63) is 0 Å². The molecule has 0 fully saturated rings. The summed E-state index contributed by atoms with van der Waals surface area (Å²) in [6.45, 7) is 26.8. The van der Waals surface area contributed by atoms with E-state index >= 15 is 0 Å². The fourth-order valence-corrected chi connectivity index (χ4v) is 9.25. The van der Waals surface area contributed by atoms with E-state index in [1.54, 1.807) is 0 Å². The molecule has 4 unspecified atom stereocenters. The lowest BCUT2D eigenvalue weighted by Gasteiger charge is -2.39. The predicted molar refractivity (Wildman–Crippen MR) is 325 cm³/mol.